The number of ether oxygens (including phenoxy) is 2. The highest BCUT2D eigenvalue weighted by molar-refractivity contribution is 5.43. The van der Waals surface area contributed by atoms with E-state index in [2.05, 4.69) is 29.6 Å². The summed E-state index contributed by atoms with van der Waals surface area (Å²) in [7, 11) is 0. The summed E-state index contributed by atoms with van der Waals surface area (Å²) in [5.41, 5.74) is 2.37. The molecule has 0 radical (unpaired) electrons. The molecule has 0 spiro atoms. The fourth-order valence-electron chi connectivity index (χ4n) is 2.43. The summed E-state index contributed by atoms with van der Waals surface area (Å²) in [4.78, 5) is 0. The van der Waals surface area contributed by atoms with Crippen molar-refractivity contribution >= 4 is 5.69 Å². The minimum absolute atomic E-state index is 0.268. The summed E-state index contributed by atoms with van der Waals surface area (Å²) >= 11 is 0. The molecule has 1 atom stereocenters. The van der Waals surface area contributed by atoms with Gasteiger partial charge >= 0.3 is 0 Å². The molecular weight excluding hydrogens is 262 g/mol. The number of nitrogens with one attached hydrogen (secondary N) is 1. The quantitative estimate of drug-likeness (QED) is 0.873. The van der Waals surface area contributed by atoms with Gasteiger partial charge in [0.1, 0.15) is 12.4 Å². The number of hydrogen-bond donors (Lipinski definition) is 1. The predicted octanol–water partition coefficient (Wildman–Crippen LogP) is 3.86. The number of rotatable bonds is 6. The monoisotopic (exact) mass is 283 g/mol. The highest BCUT2D eigenvalue weighted by Gasteiger charge is 2.15. The molecule has 3 rings (SSSR count). The Morgan fingerprint density at radius 1 is 1.05 bits per heavy atom. The van der Waals surface area contributed by atoms with Crippen LogP contribution in [0, 0.1) is 0 Å². The molecule has 2 aromatic carbocycles. The standard InChI is InChI=1S/C18H21NO2/c1-2-5-16(6-3-1)19-13-15-8-10-17(11-9-15)21-14-18-7-4-12-20-18/h1-3,5-6,8-11,18-19H,4,7,12-14H2. The summed E-state index contributed by atoms with van der Waals surface area (Å²) in [6, 6.07) is 18.5. The Labute approximate surface area is 125 Å². The molecule has 3 nitrogen and oxygen atoms in total. The molecule has 0 saturated carbocycles. The van der Waals surface area contributed by atoms with Gasteiger partial charge < -0.3 is 14.8 Å². The van der Waals surface area contributed by atoms with E-state index in [1.54, 1.807) is 0 Å². The van der Waals surface area contributed by atoms with E-state index in [1.165, 1.54) is 5.56 Å². The van der Waals surface area contributed by atoms with Crippen LogP contribution in [0.15, 0.2) is 54.6 Å². The second-order valence-corrected chi connectivity index (χ2v) is 5.31. The molecule has 1 N–H and O–H groups in total. The summed E-state index contributed by atoms with van der Waals surface area (Å²) in [5.74, 6) is 0.911. The van der Waals surface area contributed by atoms with E-state index < -0.39 is 0 Å². The zero-order valence-corrected chi connectivity index (χ0v) is 12.1. The van der Waals surface area contributed by atoms with Crippen LogP contribution in [0.3, 0.4) is 0 Å². The largest absolute Gasteiger partial charge is 0.491 e. The average molecular weight is 283 g/mol. The molecule has 0 aromatic heterocycles. The van der Waals surface area contributed by atoms with Crippen LogP contribution in [-0.4, -0.2) is 19.3 Å². The molecule has 0 bridgehead atoms. The van der Waals surface area contributed by atoms with Gasteiger partial charge in [0.25, 0.3) is 0 Å². The molecule has 1 fully saturated rings. The van der Waals surface area contributed by atoms with Crippen LogP contribution in [0.25, 0.3) is 0 Å². The average Bonchev–Trinajstić information content (AvgIpc) is 3.06. The van der Waals surface area contributed by atoms with Gasteiger partial charge in [-0.2, -0.15) is 0 Å². The zero-order valence-electron chi connectivity index (χ0n) is 12.1. The molecule has 1 aliphatic rings. The van der Waals surface area contributed by atoms with Gasteiger partial charge in [-0.15, -0.1) is 0 Å². The number of hydrogen-bond acceptors (Lipinski definition) is 3. The Bertz CT molecular complexity index is 533. The Morgan fingerprint density at radius 3 is 2.57 bits per heavy atom. The maximum Gasteiger partial charge on any atom is 0.119 e. The lowest BCUT2D eigenvalue weighted by atomic mass is 10.2. The SMILES string of the molecule is c1ccc(NCc2ccc(OCC3CCCO3)cc2)cc1. The smallest absolute Gasteiger partial charge is 0.119 e. The van der Waals surface area contributed by atoms with E-state index in [0.29, 0.717) is 6.61 Å². The van der Waals surface area contributed by atoms with Crippen LogP contribution < -0.4 is 10.1 Å². The molecule has 1 unspecified atom stereocenters. The van der Waals surface area contributed by atoms with Gasteiger partial charge in [0.15, 0.2) is 0 Å². The fourth-order valence-corrected chi connectivity index (χ4v) is 2.43. The van der Waals surface area contributed by atoms with Crippen molar-refractivity contribution in [1.82, 2.24) is 0 Å². The van der Waals surface area contributed by atoms with E-state index >= 15 is 0 Å². The van der Waals surface area contributed by atoms with E-state index in [9.17, 15) is 0 Å². The van der Waals surface area contributed by atoms with E-state index in [-0.39, 0.29) is 6.10 Å². The van der Waals surface area contributed by atoms with Crippen molar-refractivity contribution in [2.75, 3.05) is 18.5 Å². The third kappa shape index (κ3) is 4.23. The lowest BCUT2D eigenvalue weighted by Crippen LogP contribution is -2.16. The number of anilines is 1. The molecule has 0 amide bonds. The van der Waals surface area contributed by atoms with Crippen molar-refractivity contribution in [2.24, 2.45) is 0 Å². The first-order valence-corrected chi connectivity index (χ1v) is 7.52. The molecule has 3 heteroatoms. The normalized spacial score (nSPS) is 17.6. The van der Waals surface area contributed by atoms with Gasteiger partial charge in [0.2, 0.25) is 0 Å². The van der Waals surface area contributed by atoms with E-state index in [0.717, 1.165) is 37.4 Å². The molecule has 21 heavy (non-hydrogen) atoms. The lowest BCUT2D eigenvalue weighted by molar-refractivity contribution is 0.0679. The maximum atomic E-state index is 5.76. The minimum atomic E-state index is 0.268. The third-order valence-electron chi connectivity index (χ3n) is 3.65. The van der Waals surface area contributed by atoms with Crippen LogP contribution in [0.4, 0.5) is 5.69 Å². The van der Waals surface area contributed by atoms with Crippen molar-refractivity contribution in [1.29, 1.82) is 0 Å². The second-order valence-electron chi connectivity index (χ2n) is 5.31. The number of para-hydroxylation sites is 1. The highest BCUT2D eigenvalue weighted by Crippen LogP contribution is 2.17. The Balaban J connectivity index is 1.47. The summed E-state index contributed by atoms with van der Waals surface area (Å²) in [6.07, 6.45) is 2.53. The Kier molecular flexibility index (Phi) is 4.74. The van der Waals surface area contributed by atoms with Crippen molar-refractivity contribution in [3.63, 3.8) is 0 Å². The molecule has 110 valence electrons. The first-order chi connectivity index (χ1) is 10.4. The Hall–Kier alpha value is -2.00. The fraction of sp³-hybridized carbons (Fsp3) is 0.333. The van der Waals surface area contributed by atoms with Crippen LogP contribution in [0.5, 0.6) is 5.75 Å². The van der Waals surface area contributed by atoms with Gasteiger partial charge in [-0.25, -0.2) is 0 Å². The van der Waals surface area contributed by atoms with Crippen molar-refractivity contribution in [2.45, 2.75) is 25.5 Å². The van der Waals surface area contributed by atoms with Crippen molar-refractivity contribution in [3.8, 4) is 5.75 Å². The van der Waals surface area contributed by atoms with Crippen LogP contribution >= 0.6 is 0 Å². The maximum absolute atomic E-state index is 5.76. The molecule has 2 aromatic rings. The highest BCUT2D eigenvalue weighted by atomic mass is 16.5. The van der Waals surface area contributed by atoms with Gasteiger partial charge in [-0.05, 0) is 42.7 Å². The van der Waals surface area contributed by atoms with Gasteiger partial charge in [-0.3, -0.25) is 0 Å². The van der Waals surface area contributed by atoms with Gasteiger partial charge in [-0.1, -0.05) is 30.3 Å². The molecule has 1 saturated heterocycles. The third-order valence-corrected chi connectivity index (χ3v) is 3.65. The van der Waals surface area contributed by atoms with Crippen LogP contribution in [0.2, 0.25) is 0 Å². The zero-order chi connectivity index (χ0) is 14.3. The second kappa shape index (κ2) is 7.14. The van der Waals surface area contributed by atoms with Crippen LogP contribution in [-0.2, 0) is 11.3 Å². The molecule has 1 heterocycles. The summed E-state index contributed by atoms with van der Waals surface area (Å²) in [6.45, 7) is 2.34. The minimum Gasteiger partial charge on any atom is -0.491 e. The number of benzene rings is 2. The van der Waals surface area contributed by atoms with E-state index in [4.69, 9.17) is 9.47 Å². The summed E-state index contributed by atoms with van der Waals surface area (Å²) in [5, 5.41) is 3.40. The Morgan fingerprint density at radius 2 is 1.86 bits per heavy atom. The van der Waals surface area contributed by atoms with Crippen molar-refractivity contribution < 1.29 is 9.47 Å². The van der Waals surface area contributed by atoms with Gasteiger partial charge in [0, 0.05) is 18.8 Å². The first-order valence-electron chi connectivity index (χ1n) is 7.52. The topological polar surface area (TPSA) is 30.5 Å². The van der Waals surface area contributed by atoms with Crippen molar-refractivity contribution in [3.05, 3.63) is 60.2 Å². The van der Waals surface area contributed by atoms with Gasteiger partial charge in [0.05, 0.1) is 6.10 Å². The molecular formula is C18H21NO2. The lowest BCUT2D eigenvalue weighted by Gasteiger charge is -2.12. The molecule has 0 aliphatic carbocycles. The van der Waals surface area contributed by atoms with E-state index in [1.807, 2.05) is 30.3 Å². The molecule has 1 aliphatic heterocycles. The summed E-state index contributed by atoms with van der Waals surface area (Å²) < 4.78 is 11.3. The predicted molar refractivity (Wildman–Crippen MR) is 84.7 cm³/mol. The first kappa shape index (κ1) is 14.0. The van der Waals surface area contributed by atoms with Crippen LogP contribution in [0.1, 0.15) is 18.4 Å².